The average molecular weight is 429 g/mol. The Bertz CT molecular complexity index is 1110. The number of carbonyl (C=O) groups is 2. The first-order valence-electron chi connectivity index (χ1n) is 9.34. The Morgan fingerprint density at radius 1 is 1.23 bits per heavy atom. The summed E-state index contributed by atoms with van der Waals surface area (Å²) in [6, 6.07) is 2.66. The molecule has 1 aliphatic heterocycles. The van der Waals surface area contributed by atoms with Crippen molar-refractivity contribution in [3.63, 3.8) is 0 Å². The van der Waals surface area contributed by atoms with Gasteiger partial charge < -0.3 is 20.4 Å². The fraction of sp³-hybridized carbons (Fsp3) is 0.316. The highest BCUT2D eigenvalue weighted by Gasteiger charge is 2.30. The molecule has 1 saturated heterocycles. The highest BCUT2D eigenvalue weighted by Crippen LogP contribution is 2.27. The van der Waals surface area contributed by atoms with Crippen molar-refractivity contribution in [1.29, 1.82) is 0 Å². The Morgan fingerprint density at radius 2 is 2.03 bits per heavy atom. The maximum atomic E-state index is 13.5. The van der Waals surface area contributed by atoms with E-state index in [1.807, 2.05) is 18.4 Å². The van der Waals surface area contributed by atoms with Crippen LogP contribution in [0.4, 0.5) is 15.1 Å². The fourth-order valence-electron chi connectivity index (χ4n) is 3.24. The molecule has 30 heavy (non-hydrogen) atoms. The van der Waals surface area contributed by atoms with E-state index in [1.54, 1.807) is 23.0 Å². The number of hydrogen-bond acceptors (Lipinski definition) is 7. The van der Waals surface area contributed by atoms with Crippen LogP contribution in [0.25, 0.3) is 10.2 Å². The smallest absolute Gasteiger partial charge is 0.318 e. The summed E-state index contributed by atoms with van der Waals surface area (Å²) in [7, 11) is 1.56. The van der Waals surface area contributed by atoms with E-state index < -0.39 is 5.82 Å². The van der Waals surface area contributed by atoms with Gasteiger partial charge in [0.2, 0.25) is 5.95 Å². The number of nitrogens with zero attached hydrogens (tertiary/aromatic N) is 5. The molecule has 0 aromatic carbocycles. The first-order valence-corrected chi connectivity index (χ1v) is 10.2. The number of aromatic nitrogens is 3. The number of rotatable bonds is 4. The van der Waals surface area contributed by atoms with E-state index in [0.717, 1.165) is 6.20 Å². The summed E-state index contributed by atoms with van der Waals surface area (Å²) in [5.74, 6) is -0.427. The number of thiophene rings is 1. The number of hydrogen-bond donors (Lipinski definition) is 2. The largest absolute Gasteiger partial charge is 0.348 e. The Kier molecular flexibility index (Phi) is 5.44. The van der Waals surface area contributed by atoms with Gasteiger partial charge in [-0.1, -0.05) is 0 Å². The highest BCUT2D eigenvalue weighted by molar-refractivity contribution is 7.17. The number of nitrogens with one attached hydrogen (secondary N) is 2. The van der Waals surface area contributed by atoms with E-state index in [4.69, 9.17) is 0 Å². The molecular formula is C19H20FN7O2S. The van der Waals surface area contributed by atoms with Crippen LogP contribution in [0.5, 0.6) is 0 Å². The fourth-order valence-corrected chi connectivity index (χ4v) is 4.06. The van der Waals surface area contributed by atoms with Crippen LogP contribution in [-0.4, -0.2) is 63.5 Å². The molecule has 1 atom stereocenters. The maximum Gasteiger partial charge on any atom is 0.318 e. The number of halogens is 1. The van der Waals surface area contributed by atoms with Gasteiger partial charge in [0, 0.05) is 26.3 Å². The third-order valence-corrected chi connectivity index (χ3v) is 5.76. The molecule has 3 aromatic rings. The van der Waals surface area contributed by atoms with Gasteiger partial charge in [0.05, 0.1) is 29.1 Å². The van der Waals surface area contributed by atoms with E-state index in [2.05, 4.69) is 25.6 Å². The SMILES string of the molecule is CNC(=O)N1CCN(C(=O)c2nc(NC(C)c3cncc(F)c3)nc3ccsc23)C1. The average Bonchev–Trinajstić information content (AvgIpc) is 3.41. The van der Waals surface area contributed by atoms with Gasteiger partial charge in [-0.05, 0) is 30.0 Å². The van der Waals surface area contributed by atoms with Crippen LogP contribution in [-0.2, 0) is 0 Å². The number of anilines is 1. The number of carbonyl (C=O) groups excluding carboxylic acids is 2. The predicted molar refractivity (Wildman–Crippen MR) is 111 cm³/mol. The zero-order valence-corrected chi connectivity index (χ0v) is 17.2. The minimum absolute atomic E-state index is 0.198. The Labute approximate surface area is 175 Å². The van der Waals surface area contributed by atoms with Crippen LogP contribution in [0.2, 0.25) is 0 Å². The molecule has 4 rings (SSSR count). The monoisotopic (exact) mass is 429 g/mol. The van der Waals surface area contributed by atoms with E-state index in [1.165, 1.54) is 17.4 Å². The summed E-state index contributed by atoms with van der Waals surface area (Å²) >= 11 is 1.39. The van der Waals surface area contributed by atoms with Gasteiger partial charge >= 0.3 is 6.03 Å². The Hall–Kier alpha value is -3.34. The minimum Gasteiger partial charge on any atom is -0.348 e. The summed E-state index contributed by atoms with van der Waals surface area (Å²) in [4.78, 5) is 40.9. The third kappa shape index (κ3) is 3.88. The molecule has 156 valence electrons. The van der Waals surface area contributed by atoms with Crippen molar-refractivity contribution < 1.29 is 14.0 Å². The number of amides is 3. The van der Waals surface area contributed by atoms with Crippen molar-refractivity contribution in [2.24, 2.45) is 0 Å². The van der Waals surface area contributed by atoms with Gasteiger partial charge in [0.15, 0.2) is 5.69 Å². The quantitative estimate of drug-likeness (QED) is 0.660. The number of pyridine rings is 1. The van der Waals surface area contributed by atoms with Crippen LogP contribution in [0.3, 0.4) is 0 Å². The molecule has 1 fully saturated rings. The van der Waals surface area contributed by atoms with Crippen molar-refractivity contribution in [1.82, 2.24) is 30.1 Å². The highest BCUT2D eigenvalue weighted by atomic mass is 32.1. The summed E-state index contributed by atoms with van der Waals surface area (Å²) < 4.78 is 14.2. The Balaban J connectivity index is 1.60. The molecule has 3 amide bonds. The summed E-state index contributed by atoms with van der Waals surface area (Å²) in [6.07, 6.45) is 2.70. The second kappa shape index (κ2) is 8.19. The van der Waals surface area contributed by atoms with Gasteiger partial charge in [-0.25, -0.2) is 19.2 Å². The van der Waals surface area contributed by atoms with Gasteiger partial charge in [-0.2, -0.15) is 0 Å². The van der Waals surface area contributed by atoms with Gasteiger partial charge in [-0.15, -0.1) is 11.3 Å². The summed E-state index contributed by atoms with van der Waals surface area (Å²) in [6.45, 7) is 2.92. The van der Waals surface area contributed by atoms with Crippen molar-refractivity contribution in [3.05, 3.63) is 47.0 Å². The lowest BCUT2D eigenvalue weighted by molar-refractivity contribution is 0.0770. The van der Waals surface area contributed by atoms with Gasteiger partial charge in [-0.3, -0.25) is 9.78 Å². The first-order chi connectivity index (χ1) is 14.5. The summed E-state index contributed by atoms with van der Waals surface area (Å²) in [5, 5.41) is 7.53. The van der Waals surface area contributed by atoms with Crippen LogP contribution in [0, 0.1) is 5.82 Å². The molecule has 4 heterocycles. The second-order valence-corrected chi connectivity index (χ2v) is 7.78. The topological polar surface area (TPSA) is 103 Å². The molecule has 3 aromatic heterocycles. The maximum absolute atomic E-state index is 13.5. The molecule has 0 saturated carbocycles. The van der Waals surface area contributed by atoms with Crippen LogP contribution in [0.15, 0.2) is 29.9 Å². The molecular weight excluding hydrogens is 409 g/mol. The zero-order chi connectivity index (χ0) is 21.3. The number of urea groups is 1. The first kappa shape index (κ1) is 20.0. The van der Waals surface area contributed by atoms with Crippen LogP contribution >= 0.6 is 11.3 Å². The van der Waals surface area contributed by atoms with Crippen molar-refractivity contribution in [3.8, 4) is 0 Å². The standard InChI is InChI=1S/C19H20FN7O2S/c1-11(12-7-13(20)9-22-8-12)23-18-24-14-3-6-30-16(14)15(25-18)17(28)26-4-5-27(10-26)19(29)21-2/h3,6-9,11H,4-5,10H2,1-2H3,(H,21,29)(H,23,24,25). The third-order valence-electron chi connectivity index (χ3n) is 4.85. The molecule has 0 spiro atoms. The van der Waals surface area contributed by atoms with E-state index in [0.29, 0.717) is 28.9 Å². The van der Waals surface area contributed by atoms with E-state index >= 15 is 0 Å². The summed E-state index contributed by atoms with van der Waals surface area (Å²) in [5.41, 5.74) is 1.56. The minimum atomic E-state index is -0.430. The predicted octanol–water partition coefficient (Wildman–Crippen LogP) is 2.45. The Morgan fingerprint density at radius 3 is 2.80 bits per heavy atom. The number of fused-ring (bicyclic) bond motifs is 1. The second-order valence-electron chi connectivity index (χ2n) is 6.86. The van der Waals surface area contributed by atoms with E-state index in [9.17, 15) is 14.0 Å². The van der Waals surface area contributed by atoms with Crippen LogP contribution < -0.4 is 10.6 Å². The molecule has 1 unspecified atom stereocenters. The van der Waals surface area contributed by atoms with Crippen molar-refractivity contribution >= 4 is 39.4 Å². The van der Waals surface area contributed by atoms with Crippen molar-refractivity contribution in [2.45, 2.75) is 13.0 Å². The van der Waals surface area contributed by atoms with Gasteiger partial charge in [0.1, 0.15) is 5.82 Å². The molecule has 1 aliphatic rings. The van der Waals surface area contributed by atoms with Crippen molar-refractivity contribution in [2.75, 3.05) is 32.1 Å². The lowest BCUT2D eigenvalue weighted by Crippen LogP contribution is -2.38. The molecule has 0 bridgehead atoms. The lowest BCUT2D eigenvalue weighted by atomic mass is 10.1. The molecule has 0 aliphatic carbocycles. The molecule has 0 radical (unpaired) electrons. The molecule has 11 heteroatoms. The molecule has 2 N–H and O–H groups in total. The van der Waals surface area contributed by atoms with E-state index in [-0.39, 0.29) is 36.3 Å². The normalized spacial score (nSPS) is 14.8. The lowest BCUT2D eigenvalue weighted by Gasteiger charge is -2.19. The van der Waals surface area contributed by atoms with Crippen LogP contribution in [0.1, 0.15) is 29.0 Å². The van der Waals surface area contributed by atoms with Gasteiger partial charge in [0.25, 0.3) is 5.91 Å². The molecule has 9 nitrogen and oxygen atoms in total. The zero-order valence-electron chi connectivity index (χ0n) is 16.4.